The van der Waals surface area contributed by atoms with Gasteiger partial charge in [0.15, 0.2) is 5.60 Å². The van der Waals surface area contributed by atoms with Gasteiger partial charge in [-0.1, -0.05) is 42.5 Å². The maximum Gasteiger partial charge on any atom is 0.258 e. The Balaban J connectivity index is 1.96. The van der Waals surface area contributed by atoms with E-state index >= 15 is 0 Å². The number of nitrogens with two attached hydrogens (primary N) is 1. The van der Waals surface area contributed by atoms with Gasteiger partial charge in [-0.15, -0.1) is 0 Å². The number of hydrogen-bond acceptors (Lipinski definition) is 5. The van der Waals surface area contributed by atoms with Crippen LogP contribution in [0.3, 0.4) is 0 Å². The fourth-order valence-electron chi connectivity index (χ4n) is 2.97. The van der Waals surface area contributed by atoms with E-state index in [1.165, 1.54) is 24.3 Å². The van der Waals surface area contributed by atoms with Crippen molar-refractivity contribution in [3.05, 3.63) is 65.7 Å². The molecule has 0 aromatic heterocycles. The number of carbonyl (C=O) groups is 2. The number of piperazine rings is 1. The van der Waals surface area contributed by atoms with E-state index in [2.05, 4.69) is 5.32 Å². The van der Waals surface area contributed by atoms with Crippen molar-refractivity contribution in [1.29, 1.82) is 0 Å². The molecule has 142 valence electrons. The van der Waals surface area contributed by atoms with Crippen molar-refractivity contribution in [3.63, 3.8) is 0 Å². The van der Waals surface area contributed by atoms with Gasteiger partial charge in [0.05, 0.1) is 11.4 Å². The Morgan fingerprint density at radius 3 is 2.22 bits per heavy atom. The molecular formula is C18H19N3O5S. The average Bonchev–Trinajstić information content (AvgIpc) is 2.68. The first-order valence-electron chi connectivity index (χ1n) is 8.21. The quantitative estimate of drug-likeness (QED) is 0.636. The molecule has 0 aliphatic carbocycles. The second-order valence-corrected chi connectivity index (χ2v) is 8.09. The lowest BCUT2D eigenvalue weighted by atomic mass is 9.86. The summed E-state index contributed by atoms with van der Waals surface area (Å²) in [5.74, 6) is -1.34. The van der Waals surface area contributed by atoms with Crippen molar-refractivity contribution in [2.24, 2.45) is 5.73 Å². The third-order valence-electron chi connectivity index (χ3n) is 4.46. The Hall–Kier alpha value is -2.75. The summed E-state index contributed by atoms with van der Waals surface area (Å²) in [6.07, 6.45) is 0. The molecule has 0 spiro atoms. The summed E-state index contributed by atoms with van der Waals surface area (Å²) in [6.45, 7) is 0.163. The number of amides is 2. The Labute approximate surface area is 156 Å². The van der Waals surface area contributed by atoms with E-state index in [1.807, 2.05) is 0 Å². The summed E-state index contributed by atoms with van der Waals surface area (Å²) < 4.78 is 26.5. The second-order valence-electron chi connectivity index (χ2n) is 6.15. The minimum atomic E-state index is -3.87. The molecule has 0 radical (unpaired) electrons. The van der Waals surface area contributed by atoms with Crippen molar-refractivity contribution in [1.82, 2.24) is 9.62 Å². The molecule has 3 rings (SSSR count). The van der Waals surface area contributed by atoms with Crippen molar-refractivity contribution in [2.45, 2.75) is 10.5 Å². The van der Waals surface area contributed by atoms with Crippen LogP contribution >= 0.6 is 0 Å². The van der Waals surface area contributed by atoms with Crippen molar-refractivity contribution >= 4 is 21.8 Å². The average molecular weight is 389 g/mol. The SMILES string of the molecule is NC(=O)C(O)(c1ccccc1)c1ccc(S(=O)(=O)N2CCNC(=O)C2)cc1. The maximum absolute atomic E-state index is 12.7. The van der Waals surface area contributed by atoms with Gasteiger partial charge in [0.25, 0.3) is 5.91 Å². The maximum atomic E-state index is 12.7. The Bertz CT molecular complexity index is 960. The number of rotatable bonds is 5. The molecule has 1 aliphatic rings. The third kappa shape index (κ3) is 3.44. The minimum Gasteiger partial charge on any atom is -0.372 e. The fourth-order valence-corrected chi connectivity index (χ4v) is 4.37. The first-order chi connectivity index (χ1) is 12.8. The van der Waals surface area contributed by atoms with E-state index in [0.29, 0.717) is 0 Å². The molecule has 8 nitrogen and oxygen atoms in total. The minimum absolute atomic E-state index is 0.0409. The zero-order valence-electron chi connectivity index (χ0n) is 14.3. The molecule has 2 aromatic carbocycles. The highest BCUT2D eigenvalue weighted by Crippen LogP contribution is 2.30. The monoisotopic (exact) mass is 389 g/mol. The number of sulfonamides is 1. The van der Waals surface area contributed by atoms with E-state index in [1.54, 1.807) is 30.3 Å². The van der Waals surface area contributed by atoms with Crippen molar-refractivity contribution in [3.8, 4) is 0 Å². The molecule has 1 unspecified atom stereocenters. The zero-order chi connectivity index (χ0) is 19.7. The first kappa shape index (κ1) is 19.0. The van der Waals surface area contributed by atoms with Gasteiger partial charge in [-0.3, -0.25) is 9.59 Å². The van der Waals surface area contributed by atoms with Crippen LogP contribution in [0.4, 0.5) is 0 Å². The predicted molar refractivity (Wildman–Crippen MR) is 96.8 cm³/mol. The molecule has 1 saturated heterocycles. The highest BCUT2D eigenvalue weighted by Gasteiger charge is 2.38. The zero-order valence-corrected chi connectivity index (χ0v) is 15.1. The number of nitrogens with one attached hydrogen (secondary N) is 1. The Morgan fingerprint density at radius 1 is 1.07 bits per heavy atom. The first-order valence-corrected chi connectivity index (χ1v) is 9.65. The smallest absolute Gasteiger partial charge is 0.258 e. The molecular weight excluding hydrogens is 370 g/mol. The van der Waals surface area contributed by atoms with Gasteiger partial charge in [-0.2, -0.15) is 4.31 Å². The van der Waals surface area contributed by atoms with Gasteiger partial charge in [0, 0.05) is 13.1 Å². The summed E-state index contributed by atoms with van der Waals surface area (Å²) in [5, 5.41) is 13.5. The van der Waals surface area contributed by atoms with Crippen LogP contribution in [0.15, 0.2) is 59.5 Å². The number of carbonyl (C=O) groups excluding carboxylic acids is 2. The number of benzene rings is 2. The van der Waals surface area contributed by atoms with Crippen LogP contribution in [0.2, 0.25) is 0 Å². The molecule has 1 aliphatic heterocycles. The summed E-state index contributed by atoms with van der Waals surface area (Å²) in [6, 6.07) is 13.4. The summed E-state index contributed by atoms with van der Waals surface area (Å²) in [7, 11) is -3.87. The number of nitrogens with zero attached hydrogens (tertiary/aromatic N) is 1. The van der Waals surface area contributed by atoms with Crippen LogP contribution in [0, 0.1) is 0 Å². The summed E-state index contributed by atoms with van der Waals surface area (Å²) in [5.41, 5.74) is 3.77. The molecule has 0 saturated carbocycles. The Kier molecular flexibility index (Phi) is 5.01. The van der Waals surface area contributed by atoms with Crippen LogP contribution in [-0.4, -0.2) is 49.3 Å². The third-order valence-corrected chi connectivity index (χ3v) is 6.32. The molecule has 2 amide bonds. The number of aliphatic hydroxyl groups is 1. The van der Waals surface area contributed by atoms with Crippen LogP contribution in [0.5, 0.6) is 0 Å². The van der Waals surface area contributed by atoms with E-state index in [9.17, 15) is 23.1 Å². The largest absolute Gasteiger partial charge is 0.372 e. The van der Waals surface area contributed by atoms with E-state index < -0.39 is 21.5 Å². The molecule has 4 N–H and O–H groups in total. The van der Waals surface area contributed by atoms with Gasteiger partial charge in [-0.25, -0.2) is 8.42 Å². The van der Waals surface area contributed by atoms with E-state index in [-0.39, 0.29) is 41.6 Å². The van der Waals surface area contributed by atoms with Gasteiger partial charge in [0.1, 0.15) is 0 Å². The standard InChI is InChI=1S/C18H19N3O5S/c19-17(23)18(24,13-4-2-1-3-5-13)14-6-8-15(9-7-14)27(25,26)21-11-10-20-16(22)12-21/h1-9,24H,10-12H2,(H2,19,23)(H,20,22). The van der Waals surface area contributed by atoms with E-state index in [4.69, 9.17) is 5.73 Å². The predicted octanol–water partition coefficient (Wildman–Crippen LogP) is -0.472. The van der Waals surface area contributed by atoms with Gasteiger partial charge >= 0.3 is 0 Å². The summed E-state index contributed by atoms with van der Waals surface area (Å²) in [4.78, 5) is 23.4. The van der Waals surface area contributed by atoms with Gasteiger partial charge in [0.2, 0.25) is 15.9 Å². The fraction of sp³-hybridized carbons (Fsp3) is 0.222. The normalized spacial score (nSPS) is 17.7. The van der Waals surface area contributed by atoms with Gasteiger partial charge < -0.3 is 16.2 Å². The lowest BCUT2D eigenvalue weighted by Crippen LogP contribution is -2.49. The molecule has 2 aromatic rings. The lowest BCUT2D eigenvalue weighted by molar-refractivity contribution is -0.133. The molecule has 1 heterocycles. The molecule has 0 bridgehead atoms. The topological polar surface area (TPSA) is 130 Å². The highest BCUT2D eigenvalue weighted by atomic mass is 32.2. The van der Waals surface area contributed by atoms with Crippen LogP contribution in [0.25, 0.3) is 0 Å². The highest BCUT2D eigenvalue weighted by molar-refractivity contribution is 7.89. The number of hydrogen-bond donors (Lipinski definition) is 3. The second kappa shape index (κ2) is 7.10. The molecule has 9 heteroatoms. The van der Waals surface area contributed by atoms with E-state index in [0.717, 1.165) is 4.31 Å². The number of primary amides is 1. The lowest BCUT2D eigenvalue weighted by Gasteiger charge is -2.27. The summed E-state index contributed by atoms with van der Waals surface area (Å²) >= 11 is 0. The van der Waals surface area contributed by atoms with Gasteiger partial charge in [-0.05, 0) is 23.3 Å². The van der Waals surface area contributed by atoms with Crippen molar-refractivity contribution < 1.29 is 23.1 Å². The van der Waals surface area contributed by atoms with Crippen LogP contribution in [-0.2, 0) is 25.2 Å². The van der Waals surface area contributed by atoms with Crippen LogP contribution < -0.4 is 11.1 Å². The molecule has 27 heavy (non-hydrogen) atoms. The Morgan fingerprint density at radius 2 is 1.67 bits per heavy atom. The van der Waals surface area contributed by atoms with Crippen molar-refractivity contribution in [2.75, 3.05) is 19.6 Å². The van der Waals surface area contributed by atoms with Crippen LogP contribution in [0.1, 0.15) is 11.1 Å². The molecule has 1 atom stereocenters. The molecule has 1 fully saturated rings.